The van der Waals surface area contributed by atoms with Crippen molar-refractivity contribution in [2.45, 2.75) is 117 Å². The Balaban J connectivity index is 1.63. The van der Waals surface area contributed by atoms with E-state index in [1.54, 1.807) is 6.92 Å². The molecular weight excluding hydrogens is 729 g/mol. The summed E-state index contributed by atoms with van der Waals surface area (Å²) < 4.78 is 17.3. The van der Waals surface area contributed by atoms with E-state index in [1.165, 1.54) is 80.5 Å². The van der Waals surface area contributed by atoms with Gasteiger partial charge in [0.2, 0.25) is 0 Å². The minimum Gasteiger partial charge on any atom is -0.492 e. The van der Waals surface area contributed by atoms with Gasteiger partial charge >= 0.3 is 11.9 Å². The van der Waals surface area contributed by atoms with Crippen LogP contribution in [0.3, 0.4) is 0 Å². The number of aliphatic hydroxyl groups excluding tert-OH is 3. The third-order valence-electron chi connectivity index (χ3n) is 11.6. The molecule has 1 aliphatic carbocycles. The number of aryl methyl sites for hydroxylation is 3. The number of aliphatic hydroxyl groups is 3. The van der Waals surface area contributed by atoms with Crippen LogP contribution < -0.4 is 4.74 Å². The summed E-state index contributed by atoms with van der Waals surface area (Å²) in [5.41, 5.74) is 8.10. The average molecular weight is 797 g/mol. The van der Waals surface area contributed by atoms with Gasteiger partial charge in [-0.15, -0.1) is 0 Å². The van der Waals surface area contributed by atoms with Crippen molar-refractivity contribution in [3.05, 3.63) is 101 Å². The van der Waals surface area contributed by atoms with Gasteiger partial charge in [-0.3, -0.25) is 0 Å². The first-order valence-electron chi connectivity index (χ1n) is 21.5. The molecule has 0 amide bonds. The third-order valence-corrected chi connectivity index (χ3v) is 11.6. The Labute approximate surface area is 347 Å². The summed E-state index contributed by atoms with van der Waals surface area (Å²) in [5, 5.41) is 30.6. The second-order valence-corrected chi connectivity index (χ2v) is 16.5. The van der Waals surface area contributed by atoms with E-state index in [-0.39, 0.29) is 32.0 Å². The Bertz CT molecular complexity index is 1800. The maximum absolute atomic E-state index is 12.2. The molecule has 8 nitrogen and oxygen atoms in total. The van der Waals surface area contributed by atoms with E-state index in [1.807, 2.05) is 0 Å². The van der Waals surface area contributed by atoms with Crippen LogP contribution in [-0.2, 0) is 38.3 Å². The summed E-state index contributed by atoms with van der Waals surface area (Å²) in [7, 11) is 0. The first-order chi connectivity index (χ1) is 28.0. The van der Waals surface area contributed by atoms with Crippen molar-refractivity contribution in [1.82, 2.24) is 0 Å². The molecule has 0 aliphatic heterocycles. The van der Waals surface area contributed by atoms with E-state index < -0.39 is 30.6 Å². The molecule has 316 valence electrons. The Kier molecular flexibility index (Phi) is 18.7. The molecule has 1 fully saturated rings. The van der Waals surface area contributed by atoms with Crippen LogP contribution in [0, 0.1) is 11.3 Å². The standard InChI is InChI=1S/C50H68O8/c1-7-9-10-13-37-16-18-39(19-17-37)40-20-22-41(23-21-40)42-24-25-46(38(8-2)28-42)45-29-43(14-11-26-51)47(44(30-45)15-12-27-56-48(54)35(3)4)57-33-50(31-52,32-53)34-58-49(55)36(5)6/h20-25,28-30,37,39,51-53H,3,5,7-19,26-27,31-34H2,1-2,4,6H3. The van der Waals surface area contributed by atoms with E-state index in [4.69, 9.17) is 14.2 Å². The summed E-state index contributed by atoms with van der Waals surface area (Å²) in [5.74, 6) is 1.04. The number of rotatable bonds is 24. The lowest BCUT2D eigenvalue weighted by Crippen LogP contribution is -2.41. The normalized spacial score (nSPS) is 15.5. The molecule has 0 heterocycles. The van der Waals surface area contributed by atoms with E-state index in [9.17, 15) is 24.9 Å². The monoisotopic (exact) mass is 796 g/mol. The number of unbranched alkanes of at least 4 members (excludes halogenated alkanes) is 2. The highest BCUT2D eigenvalue weighted by Crippen LogP contribution is 2.40. The lowest BCUT2D eigenvalue weighted by molar-refractivity contribution is -0.146. The molecular formula is C50H68O8. The number of ether oxygens (including phenoxy) is 3. The van der Waals surface area contributed by atoms with Gasteiger partial charge in [0.25, 0.3) is 0 Å². The molecule has 0 saturated heterocycles. The molecule has 0 bridgehead atoms. The topological polar surface area (TPSA) is 123 Å². The van der Waals surface area contributed by atoms with Crippen LogP contribution in [0.25, 0.3) is 22.3 Å². The molecule has 3 aromatic rings. The molecule has 3 N–H and O–H groups in total. The third kappa shape index (κ3) is 13.1. The van der Waals surface area contributed by atoms with Crippen LogP contribution in [0.1, 0.15) is 120 Å². The summed E-state index contributed by atoms with van der Waals surface area (Å²) in [6.45, 7) is 13.7. The minimum atomic E-state index is -1.27. The fraction of sp³-hybridized carbons (Fsp3) is 0.520. The molecule has 1 saturated carbocycles. The average Bonchev–Trinajstić information content (AvgIpc) is 3.24. The summed E-state index contributed by atoms with van der Waals surface area (Å²) >= 11 is 0. The van der Waals surface area contributed by atoms with Crippen molar-refractivity contribution in [3.8, 4) is 28.0 Å². The van der Waals surface area contributed by atoms with Gasteiger partial charge in [-0.05, 0) is 140 Å². The number of benzene rings is 3. The first kappa shape index (κ1) is 46.4. The molecule has 0 atom stereocenters. The van der Waals surface area contributed by atoms with Crippen LogP contribution in [0.4, 0.5) is 0 Å². The molecule has 3 aromatic carbocycles. The SMILES string of the molecule is C=C(C)C(=O)OCCCc1cc(-c2ccc(-c3ccc(C4CCC(CCCCC)CC4)cc3)cc2CC)cc(CCCO)c1OCC(CO)(CO)COC(=O)C(=C)C. The summed E-state index contributed by atoms with van der Waals surface area (Å²) in [4.78, 5) is 24.3. The van der Waals surface area contributed by atoms with E-state index >= 15 is 0 Å². The van der Waals surface area contributed by atoms with E-state index in [2.05, 4.69) is 81.6 Å². The predicted octanol–water partition coefficient (Wildman–Crippen LogP) is 9.88. The quantitative estimate of drug-likeness (QED) is 0.0466. The van der Waals surface area contributed by atoms with Gasteiger partial charge in [0.05, 0.1) is 25.2 Å². The van der Waals surface area contributed by atoms with E-state index in [0.29, 0.717) is 42.9 Å². The number of carbonyl (C=O) groups excluding carboxylic acids is 2. The number of carbonyl (C=O) groups is 2. The van der Waals surface area contributed by atoms with Crippen molar-refractivity contribution >= 4 is 11.9 Å². The molecule has 58 heavy (non-hydrogen) atoms. The van der Waals surface area contributed by atoms with Gasteiger partial charge in [0.15, 0.2) is 0 Å². The van der Waals surface area contributed by atoms with Gasteiger partial charge in [0, 0.05) is 17.8 Å². The second-order valence-electron chi connectivity index (χ2n) is 16.5. The minimum absolute atomic E-state index is 0.0159. The zero-order valence-corrected chi connectivity index (χ0v) is 35.6. The number of hydrogen-bond donors (Lipinski definition) is 3. The smallest absolute Gasteiger partial charge is 0.333 e. The highest BCUT2D eigenvalue weighted by Gasteiger charge is 2.33. The lowest BCUT2D eigenvalue weighted by atomic mass is 9.77. The molecule has 0 spiro atoms. The molecule has 0 unspecified atom stereocenters. The van der Waals surface area contributed by atoms with Crippen molar-refractivity contribution < 1.29 is 39.1 Å². The number of esters is 2. The van der Waals surface area contributed by atoms with Crippen LogP contribution in [-0.4, -0.2) is 66.9 Å². The van der Waals surface area contributed by atoms with Gasteiger partial charge < -0.3 is 29.5 Å². The lowest BCUT2D eigenvalue weighted by Gasteiger charge is -2.30. The fourth-order valence-electron chi connectivity index (χ4n) is 7.89. The number of hydrogen-bond acceptors (Lipinski definition) is 8. The maximum atomic E-state index is 12.2. The molecule has 0 radical (unpaired) electrons. The molecule has 4 rings (SSSR count). The van der Waals surface area contributed by atoms with Crippen molar-refractivity contribution in [3.63, 3.8) is 0 Å². The predicted molar refractivity (Wildman–Crippen MR) is 233 cm³/mol. The maximum Gasteiger partial charge on any atom is 0.333 e. The molecule has 0 aromatic heterocycles. The van der Waals surface area contributed by atoms with Gasteiger partial charge in [-0.1, -0.05) is 95.2 Å². The highest BCUT2D eigenvalue weighted by molar-refractivity contribution is 5.87. The largest absolute Gasteiger partial charge is 0.492 e. The van der Waals surface area contributed by atoms with Crippen molar-refractivity contribution in [1.29, 1.82) is 0 Å². The van der Waals surface area contributed by atoms with Crippen molar-refractivity contribution in [2.24, 2.45) is 11.3 Å². The van der Waals surface area contributed by atoms with Gasteiger partial charge in [-0.2, -0.15) is 0 Å². The molecule has 8 heteroatoms. The van der Waals surface area contributed by atoms with Crippen LogP contribution in [0.15, 0.2) is 78.9 Å². The summed E-state index contributed by atoms with van der Waals surface area (Å²) in [6, 6.07) is 20.0. The molecule has 1 aliphatic rings. The zero-order chi connectivity index (χ0) is 42.1. The Morgan fingerprint density at radius 2 is 1.31 bits per heavy atom. The zero-order valence-electron chi connectivity index (χ0n) is 35.6. The fourth-order valence-corrected chi connectivity index (χ4v) is 7.89. The second kappa shape index (κ2) is 23.4. The van der Waals surface area contributed by atoms with Crippen LogP contribution in [0.5, 0.6) is 5.75 Å². The van der Waals surface area contributed by atoms with Gasteiger partial charge in [-0.25, -0.2) is 9.59 Å². The Hall–Kier alpha value is -4.24. The van der Waals surface area contributed by atoms with Crippen molar-refractivity contribution in [2.75, 3.05) is 39.6 Å². The van der Waals surface area contributed by atoms with Crippen LogP contribution >= 0.6 is 0 Å². The highest BCUT2D eigenvalue weighted by atomic mass is 16.5. The van der Waals surface area contributed by atoms with Gasteiger partial charge in [0.1, 0.15) is 19.0 Å². The Morgan fingerprint density at radius 3 is 1.90 bits per heavy atom. The first-order valence-corrected chi connectivity index (χ1v) is 21.5. The van der Waals surface area contributed by atoms with Crippen LogP contribution in [0.2, 0.25) is 0 Å². The van der Waals surface area contributed by atoms with E-state index in [0.717, 1.165) is 34.6 Å². The summed E-state index contributed by atoms with van der Waals surface area (Å²) in [6.07, 6.45) is 13.5. The Morgan fingerprint density at radius 1 is 0.707 bits per heavy atom.